The minimum atomic E-state index is -1.61. The number of carboxylic acid groups (broad SMARTS) is 1. The molecule has 0 aliphatic heterocycles. The summed E-state index contributed by atoms with van der Waals surface area (Å²) < 4.78 is 22.4. The predicted octanol–water partition coefficient (Wildman–Crippen LogP) is 8.44. The standard InChI is InChI=1S/C40H77NO8/c1-6-8-10-12-14-16-17-18-19-20-21-22-23-25-27-29-31-38(43)49-36(35-48-40(39(44)45)46-33-32-41(3,4)5)34-47-37(42)30-28-26-24-15-13-11-9-7-2/h36,40H,6-35H2,1-5H3. The summed E-state index contributed by atoms with van der Waals surface area (Å²) in [4.78, 5) is 36.7. The topological polar surface area (TPSA) is 111 Å². The van der Waals surface area contributed by atoms with Gasteiger partial charge < -0.3 is 33.3 Å². The van der Waals surface area contributed by atoms with Gasteiger partial charge in [-0.1, -0.05) is 155 Å². The molecule has 0 N–H and O–H groups in total. The van der Waals surface area contributed by atoms with Gasteiger partial charge in [-0.25, -0.2) is 0 Å². The molecule has 0 fully saturated rings. The second kappa shape index (κ2) is 33.4. The fourth-order valence-corrected chi connectivity index (χ4v) is 5.65. The van der Waals surface area contributed by atoms with Crippen LogP contribution < -0.4 is 5.11 Å². The quantitative estimate of drug-likeness (QED) is 0.0275. The maximum Gasteiger partial charge on any atom is 0.306 e. The highest BCUT2D eigenvalue weighted by molar-refractivity contribution is 5.70. The van der Waals surface area contributed by atoms with Gasteiger partial charge in [0.05, 0.1) is 40.3 Å². The number of carbonyl (C=O) groups excluding carboxylic acids is 3. The average Bonchev–Trinajstić information content (AvgIpc) is 3.05. The highest BCUT2D eigenvalue weighted by Crippen LogP contribution is 2.15. The second-order valence-electron chi connectivity index (χ2n) is 14.9. The maximum absolute atomic E-state index is 12.7. The molecule has 0 aromatic heterocycles. The molecule has 0 saturated heterocycles. The summed E-state index contributed by atoms with van der Waals surface area (Å²) in [6.07, 6.45) is 27.1. The van der Waals surface area contributed by atoms with Crippen molar-refractivity contribution in [1.82, 2.24) is 0 Å². The van der Waals surface area contributed by atoms with Crippen LogP contribution in [0.2, 0.25) is 0 Å². The van der Waals surface area contributed by atoms with E-state index >= 15 is 0 Å². The zero-order valence-electron chi connectivity index (χ0n) is 32.6. The van der Waals surface area contributed by atoms with Crippen molar-refractivity contribution in [2.24, 2.45) is 0 Å². The first-order valence-corrected chi connectivity index (χ1v) is 20.2. The summed E-state index contributed by atoms with van der Waals surface area (Å²) in [6, 6.07) is 0. The van der Waals surface area contributed by atoms with Crippen LogP contribution in [-0.4, -0.2) is 82.3 Å². The number of nitrogens with zero attached hydrogens (tertiary/aromatic N) is 1. The Hall–Kier alpha value is -1.71. The van der Waals surface area contributed by atoms with Crippen molar-refractivity contribution in [2.45, 2.75) is 193 Å². The van der Waals surface area contributed by atoms with E-state index in [1.54, 1.807) is 0 Å². The first-order valence-electron chi connectivity index (χ1n) is 20.2. The van der Waals surface area contributed by atoms with Gasteiger partial charge >= 0.3 is 11.9 Å². The highest BCUT2D eigenvalue weighted by Gasteiger charge is 2.21. The summed E-state index contributed by atoms with van der Waals surface area (Å²) in [5.41, 5.74) is 0. The van der Waals surface area contributed by atoms with Gasteiger partial charge in [-0.15, -0.1) is 0 Å². The second-order valence-corrected chi connectivity index (χ2v) is 14.9. The van der Waals surface area contributed by atoms with Crippen molar-refractivity contribution >= 4 is 17.9 Å². The Balaban J connectivity index is 4.42. The number of aliphatic carboxylic acids is 1. The molecule has 0 spiro atoms. The van der Waals surface area contributed by atoms with Crippen molar-refractivity contribution in [3.05, 3.63) is 0 Å². The molecule has 2 unspecified atom stereocenters. The Morgan fingerprint density at radius 1 is 0.531 bits per heavy atom. The first kappa shape index (κ1) is 47.3. The van der Waals surface area contributed by atoms with Crippen LogP contribution in [0.1, 0.15) is 181 Å². The molecule has 0 aromatic carbocycles. The highest BCUT2D eigenvalue weighted by atomic mass is 16.7. The van der Waals surface area contributed by atoms with Crippen LogP contribution in [0.5, 0.6) is 0 Å². The Labute approximate surface area is 301 Å². The van der Waals surface area contributed by atoms with Gasteiger partial charge in [-0.2, -0.15) is 0 Å². The SMILES string of the molecule is CCCCCCCCCCCCCCCCCCC(=O)OC(COC(=O)CCCCCCCCCC)COC(OCC[N+](C)(C)C)C(=O)[O-]. The molecule has 9 heteroatoms. The molecule has 0 bridgehead atoms. The van der Waals surface area contributed by atoms with Crippen LogP contribution in [0, 0.1) is 0 Å². The number of hydrogen-bond acceptors (Lipinski definition) is 8. The molecule has 0 radical (unpaired) electrons. The van der Waals surface area contributed by atoms with Crippen LogP contribution >= 0.6 is 0 Å². The lowest BCUT2D eigenvalue weighted by Crippen LogP contribution is -2.44. The first-order chi connectivity index (χ1) is 23.6. The van der Waals surface area contributed by atoms with E-state index in [2.05, 4.69) is 13.8 Å². The molecular formula is C40H77NO8. The number of ether oxygens (including phenoxy) is 4. The fraction of sp³-hybridized carbons (Fsp3) is 0.925. The van der Waals surface area contributed by atoms with Crippen molar-refractivity contribution in [1.29, 1.82) is 0 Å². The fourth-order valence-electron chi connectivity index (χ4n) is 5.65. The third-order valence-corrected chi connectivity index (χ3v) is 8.85. The summed E-state index contributed by atoms with van der Waals surface area (Å²) >= 11 is 0. The van der Waals surface area contributed by atoms with Gasteiger partial charge in [0.15, 0.2) is 12.4 Å². The van der Waals surface area contributed by atoms with Crippen LogP contribution in [-0.2, 0) is 33.3 Å². The predicted molar refractivity (Wildman–Crippen MR) is 196 cm³/mol. The average molecular weight is 700 g/mol. The lowest BCUT2D eigenvalue weighted by molar-refractivity contribution is -0.870. The number of quaternary nitrogens is 1. The normalized spacial score (nSPS) is 12.9. The monoisotopic (exact) mass is 700 g/mol. The van der Waals surface area contributed by atoms with Crippen molar-refractivity contribution in [3.8, 4) is 0 Å². The van der Waals surface area contributed by atoms with Crippen molar-refractivity contribution in [2.75, 3.05) is 47.5 Å². The summed E-state index contributed by atoms with van der Waals surface area (Å²) in [5, 5.41) is 11.6. The minimum absolute atomic E-state index is 0.152. The Morgan fingerprint density at radius 3 is 1.31 bits per heavy atom. The molecule has 0 rings (SSSR count). The number of carbonyl (C=O) groups is 3. The van der Waals surface area contributed by atoms with Crippen LogP contribution in [0.3, 0.4) is 0 Å². The largest absolute Gasteiger partial charge is 0.545 e. The number of unbranched alkanes of at least 4 members (excludes halogenated alkanes) is 22. The molecule has 0 aromatic rings. The molecule has 0 amide bonds. The van der Waals surface area contributed by atoms with Gasteiger partial charge in [-0.05, 0) is 12.8 Å². The zero-order valence-corrected chi connectivity index (χ0v) is 32.6. The minimum Gasteiger partial charge on any atom is -0.545 e. The van der Waals surface area contributed by atoms with E-state index in [0.29, 0.717) is 17.4 Å². The summed E-state index contributed by atoms with van der Waals surface area (Å²) in [6.45, 7) is 4.71. The third kappa shape index (κ3) is 34.5. The number of hydrogen-bond donors (Lipinski definition) is 0. The van der Waals surface area contributed by atoms with E-state index in [0.717, 1.165) is 38.5 Å². The molecule has 0 aliphatic carbocycles. The Bertz CT molecular complexity index is 785. The van der Waals surface area contributed by atoms with Crippen LogP contribution in [0.4, 0.5) is 0 Å². The summed E-state index contributed by atoms with van der Waals surface area (Å²) in [5.74, 6) is -2.28. The Morgan fingerprint density at radius 2 is 0.918 bits per heavy atom. The Kier molecular flexibility index (Phi) is 32.3. The third-order valence-electron chi connectivity index (χ3n) is 8.85. The van der Waals surface area contributed by atoms with E-state index in [9.17, 15) is 19.5 Å². The van der Waals surface area contributed by atoms with E-state index in [-0.39, 0.29) is 32.2 Å². The number of rotatable bonds is 37. The van der Waals surface area contributed by atoms with E-state index in [4.69, 9.17) is 18.9 Å². The van der Waals surface area contributed by atoms with Gasteiger partial charge in [0, 0.05) is 12.8 Å². The molecular weight excluding hydrogens is 622 g/mol. The number of esters is 2. The van der Waals surface area contributed by atoms with Gasteiger partial charge in [-0.3, -0.25) is 9.59 Å². The zero-order chi connectivity index (χ0) is 36.4. The van der Waals surface area contributed by atoms with Crippen LogP contribution in [0.15, 0.2) is 0 Å². The van der Waals surface area contributed by atoms with Crippen molar-refractivity contribution < 1.29 is 42.9 Å². The molecule has 49 heavy (non-hydrogen) atoms. The summed E-state index contributed by atoms with van der Waals surface area (Å²) in [7, 11) is 5.90. The molecule has 0 heterocycles. The van der Waals surface area contributed by atoms with Gasteiger partial charge in [0.25, 0.3) is 0 Å². The van der Waals surface area contributed by atoms with Crippen LogP contribution in [0.25, 0.3) is 0 Å². The lowest BCUT2D eigenvalue weighted by Gasteiger charge is -2.26. The molecule has 2 atom stereocenters. The van der Waals surface area contributed by atoms with E-state index in [1.807, 2.05) is 21.1 Å². The smallest absolute Gasteiger partial charge is 0.306 e. The molecule has 0 aliphatic rings. The van der Waals surface area contributed by atoms with E-state index < -0.39 is 24.3 Å². The maximum atomic E-state index is 12.7. The van der Waals surface area contributed by atoms with Gasteiger partial charge in [0.1, 0.15) is 13.2 Å². The molecule has 0 saturated carbocycles. The number of carboxylic acids is 1. The van der Waals surface area contributed by atoms with E-state index in [1.165, 1.54) is 116 Å². The van der Waals surface area contributed by atoms with Crippen molar-refractivity contribution in [3.63, 3.8) is 0 Å². The lowest BCUT2D eigenvalue weighted by atomic mass is 10.0. The van der Waals surface area contributed by atoms with Gasteiger partial charge in [0.2, 0.25) is 0 Å². The molecule has 9 nitrogen and oxygen atoms in total. The number of likely N-dealkylation sites (N-methyl/N-ethyl adjacent to an activating group) is 1. The molecule has 290 valence electrons.